The summed E-state index contributed by atoms with van der Waals surface area (Å²) in [4.78, 5) is 0. The fraction of sp³-hybridized carbons (Fsp3) is 0.429. The molecule has 0 fully saturated rings. The van der Waals surface area contributed by atoms with Gasteiger partial charge >= 0.3 is 0 Å². The molecule has 0 radical (unpaired) electrons. The Morgan fingerprint density at radius 3 is 2.33 bits per heavy atom. The quantitative estimate of drug-likeness (QED) is 0.907. The van der Waals surface area contributed by atoms with Crippen molar-refractivity contribution in [2.75, 3.05) is 5.32 Å². The maximum atomic E-state index is 4.00. The highest BCUT2D eigenvalue weighted by molar-refractivity contribution is 7.13. The molecular formula is C14H19N3S. The Morgan fingerprint density at radius 1 is 1.17 bits per heavy atom. The van der Waals surface area contributed by atoms with Gasteiger partial charge in [-0.1, -0.05) is 56.4 Å². The fourth-order valence-corrected chi connectivity index (χ4v) is 2.31. The van der Waals surface area contributed by atoms with E-state index in [2.05, 4.69) is 67.5 Å². The lowest BCUT2D eigenvalue weighted by molar-refractivity contribution is 0.589. The Kier molecular flexibility index (Phi) is 3.66. The molecule has 1 N–H and O–H groups in total. The van der Waals surface area contributed by atoms with Crippen LogP contribution in [0.3, 0.4) is 0 Å². The van der Waals surface area contributed by atoms with Crippen molar-refractivity contribution in [2.24, 2.45) is 0 Å². The Balaban J connectivity index is 2.10. The molecule has 1 heterocycles. The Bertz CT molecular complexity index is 483. The standard InChI is InChI=1S/C14H19N3S/c1-10(16-13-17-15-9-18-13)11-5-7-12(8-6-11)14(2,3)4/h5-10H,1-4H3,(H,16,17). The van der Waals surface area contributed by atoms with E-state index in [1.807, 2.05) is 0 Å². The third-order valence-electron chi connectivity index (χ3n) is 2.98. The third kappa shape index (κ3) is 3.07. The minimum Gasteiger partial charge on any atom is -0.354 e. The highest BCUT2D eigenvalue weighted by Gasteiger charge is 2.14. The van der Waals surface area contributed by atoms with Crippen LogP contribution in [0.4, 0.5) is 5.13 Å². The van der Waals surface area contributed by atoms with Crippen LogP contribution in [0.2, 0.25) is 0 Å². The van der Waals surface area contributed by atoms with Crippen LogP contribution in [0.25, 0.3) is 0 Å². The monoisotopic (exact) mass is 261 g/mol. The summed E-state index contributed by atoms with van der Waals surface area (Å²) >= 11 is 1.52. The number of hydrogen-bond acceptors (Lipinski definition) is 4. The van der Waals surface area contributed by atoms with Crippen LogP contribution in [-0.2, 0) is 5.41 Å². The van der Waals surface area contributed by atoms with Crippen molar-refractivity contribution < 1.29 is 0 Å². The Hall–Kier alpha value is -1.42. The first-order valence-corrected chi connectivity index (χ1v) is 6.98. The second-order valence-corrected chi connectivity index (χ2v) is 6.32. The van der Waals surface area contributed by atoms with Gasteiger partial charge in [0.1, 0.15) is 5.51 Å². The summed E-state index contributed by atoms with van der Waals surface area (Å²) in [7, 11) is 0. The molecule has 3 nitrogen and oxygen atoms in total. The van der Waals surface area contributed by atoms with E-state index in [1.165, 1.54) is 22.5 Å². The number of nitrogens with one attached hydrogen (secondary N) is 1. The van der Waals surface area contributed by atoms with Crippen LogP contribution in [-0.4, -0.2) is 10.2 Å². The van der Waals surface area contributed by atoms with Gasteiger partial charge in [0.2, 0.25) is 5.13 Å². The molecule has 0 saturated heterocycles. The summed E-state index contributed by atoms with van der Waals surface area (Å²) in [6.07, 6.45) is 0. The summed E-state index contributed by atoms with van der Waals surface area (Å²) < 4.78 is 0. The largest absolute Gasteiger partial charge is 0.354 e. The van der Waals surface area contributed by atoms with Crippen LogP contribution in [0.5, 0.6) is 0 Å². The number of aromatic nitrogens is 2. The highest BCUT2D eigenvalue weighted by atomic mass is 32.1. The van der Waals surface area contributed by atoms with E-state index >= 15 is 0 Å². The van der Waals surface area contributed by atoms with Crippen molar-refractivity contribution in [2.45, 2.75) is 39.2 Å². The van der Waals surface area contributed by atoms with Crippen molar-refractivity contribution in [1.82, 2.24) is 10.2 Å². The van der Waals surface area contributed by atoms with E-state index < -0.39 is 0 Å². The summed E-state index contributed by atoms with van der Waals surface area (Å²) in [5, 5.41) is 12.0. The fourth-order valence-electron chi connectivity index (χ4n) is 1.78. The number of rotatable bonds is 3. The molecule has 0 saturated carbocycles. The first kappa shape index (κ1) is 13.0. The zero-order valence-corrected chi connectivity index (χ0v) is 12.1. The van der Waals surface area contributed by atoms with E-state index in [-0.39, 0.29) is 11.5 Å². The third-order valence-corrected chi connectivity index (χ3v) is 3.60. The van der Waals surface area contributed by atoms with E-state index in [0.29, 0.717) is 0 Å². The van der Waals surface area contributed by atoms with Gasteiger partial charge in [-0.15, -0.1) is 10.2 Å². The van der Waals surface area contributed by atoms with Crippen LogP contribution >= 0.6 is 11.3 Å². The van der Waals surface area contributed by atoms with Gasteiger partial charge in [-0.2, -0.15) is 0 Å². The number of nitrogens with zero attached hydrogens (tertiary/aromatic N) is 2. The van der Waals surface area contributed by atoms with Crippen molar-refractivity contribution >= 4 is 16.5 Å². The van der Waals surface area contributed by atoms with Crippen LogP contribution < -0.4 is 5.32 Å². The Labute approximate surface area is 112 Å². The lowest BCUT2D eigenvalue weighted by atomic mass is 9.86. The predicted molar refractivity (Wildman–Crippen MR) is 77.1 cm³/mol. The van der Waals surface area contributed by atoms with Crippen molar-refractivity contribution in [3.05, 3.63) is 40.9 Å². The van der Waals surface area contributed by atoms with Crippen LogP contribution in [0.1, 0.15) is 44.9 Å². The normalized spacial score (nSPS) is 13.3. The average Bonchev–Trinajstić information content (AvgIpc) is 2.81. The van der Waals surface area contributed by atoms with Gasteiger partial charge in [0.05, 0.1) is 6.04 Å². The molecule has 2 aromatic rings. The predicted octanol–water partition coefficient (Wildman–Crippen LogP) is 4.01. The molecule has 0 bridgehead atoms. The minimum atomic E-state index is 0.203. The molecule has 0 aliphatic carbocycles. The maximum Gasteiger partial charge on any atom is 0.205 e. The molecule has 96 valence electrons. The Morgan fingerprint density at radius 2 is 1.83 bits per heavy atom. The van der Waals surface area contributed by atoms with E-state index in [1.54, 1.807) is 5.51 Å². The molecule has 0 spiro atoms. The number of anilines is 1. The van der Waals surface area contributed by atoms with E-state index in [4.69, 9.17) is 0 Å². The summed E-state index contributed by atoms with van der Waals surface area (Å²) in [6.45, 7) is 8.81. The lowest BCUT2D eigenvalue weighted by Crippen LogP contribution is -2.12. The molecule has 1 aromatic heterocycles. The lowest BCUT2D eigenvalue weighted by Gasteiger charge is -2.20. The van der Waals surface area contributed by atoms with Crippen molar-refractivity contribution in [1.29, 1.82) is 0 Å². The molecular weight excluding hydrogens is 242 g/mol. The van der Waals surface area contributed by atoms with E-state index in [0.717, 1.165) is 5.13 Å². The van der Waals surface area contributed by atoms with Crippen LogP contribution in [0.15, 0.2) is 29.8 Å². The molecule has 1 unspecified atom stereocenters. The second-order valence-electron chi connectivity index (χ2n) is 5.48. The topological polar surface area (TPSA) is 37.8 Å². The first-order valence-electron chi connectivity index (χ1n) is 6.10. The first-order chi connectivity index (χ1) is 8.47. The summed E-state index contributed by atoms with van der Waals surface area (Å²) in [5.74, 6) is 0. The van der Waals surface area contributed by atoms with Gasteiger partial charge in [-0.3, -0.25) is 0 Å². The van der Waals surface area contributed by atoms with Gasteiger partial charge in [-0.25, -0.2) is 0 Å². The van der Waals surface area contributed by atoms with Gasteiger partial charge < -0.3 is 5.32 Å². The molecule has 1 aromatic carbocycles. The SMILES string of the molecule is CC(Nc1nncs1)c1ccc(C(C)(C)C)cc1. The highest BCUT2D eigenvalue weighted by Crippen LogP contribution is 2.25. The minimum absolute atomic E-state index is 0.203. The summed E-state index contributed by atoms with van der Waals surface area (Å²) in [6, 6.07) is 9.01. The second kappa shape index (κ2) is 5.06. The number of benzene rings is 1. The average molecular weight is 261 g/mol. The van der Waals surface area contributed by atoms with Gasteiger partial charge in [-0.05, 0) is 23.5 Å². The van der Waals surface area contributed by atoms with Crippen molar-refractivity contribution in [3.63, 3.8) is 0 Å². The van der Waals surface area contributed by atoms with Crippen molar-refractivity contribution in [3.8, 4) is 0 Å². The maximum absolute atomic E-state index is 4.00. The molecule has 0 aliphatic heterocycles. The molecule has 0 amide bonds. The van der Waals surface area contributed by atoms with Gasteiger partial charge in [0.25, 0.3) is 0 Å². The van der Waals surface area contributed by atoms with E-state index in [9.17, 15) is 0 Å². The number of hydrogen-bond donors (Lipinski definition) is 1. The molecule has 18 heavy (non-hydrogen) atoms. The van der Waals surface area contributed by atoms with Gasteiger partial charge in [0, 0.05) is 0 Å². The summed E-state index contributed by atoms with van der Waals surface area (Å²) in [5.41, 5.74) is 4.55. The zero-order valence-electron chi connectivity index (χ0n) is 11.3. The molecule has 4 heteroatoms. The zero-order chi connectivity index (χ0) is 13.2. The molecule has 2 rings (SSSR count). The molecule has 1 atom stereocenters. The smallest absolute Gasteiger partial charge is 0.205 e. The van der Waals surface area contributed by atoms with Crippen LogP contribution in [0, 0.1) is 0 Å². The van der Waals surface area contributed by atoms with Gasteiger partial charge in [0.15, 0.2) is 0 Å². The molecule has 0 aliphatic rings.